The fraction of sp³-hybridized carbons (Fsp3) is 0.214. The van der Waals surface area contributed by atoms with E-state index in [4.69, 9.17) is 18.0 Å². The second kappa shape index (κ2) is 5.92. The predicted octanol–water partition coefficient (Wildman–Crippen LogP) is 1.43. The third-order valence-electron chi connectivity index (χ3n) is 3.07. The van der Waals surface area contributed by atoms with Crippen LogP contribution in [-0.4, -0.2) is 20.8 Å². The number of hydrogen-bond acceptors (Lipinski definition) is 3. The fourth-order valence-corrected chi connectivity index (χ4v) is 1.92. The molecule has 0 radical (unpaired) electrons. The number of hydrazine groups is 1. The molecule has 2 rings (SSSR count). The van der Waals surface area contributed by atoms with Gasteiger partial charge in [-0.2, -0.15) is 5.10 Å². The highest BCUT2D eigenvalue weighted by Crippen LogP contribution is 2.13. The molecule has 0 saturated carbocycles. The summed E-state index contributed by atoms with van der Waals surface area (Å²) in [5, 5.41) is 5.54. The number of anilines is 1. The Kier molecular flexibility index (Phi) is 4.23. The maximum atomic E-state index is 12.2. The van der Waals surface area contributed by atoms with Crippen LogP contribution < -0.4 is 16.2 Å². The lowest BCUT2D eigenvalue weighted by Gasteiger charge is -2.23. The summed E-state index contributed by atoms with van der Waals surface area (Å²) in [6.45, 7) is 3.85. The van der Waals surface area contributed by atoms with Crippen LogP contribution >= 0.6 is 12.2 Å². The van der Waals surface area contributed by atoms with Gasteiger partial charge in [-0.05, 0) is 44.3 Å². The van der Waals surface area contributed by atoms with Gasteiger partial charge in [-0.3, -0.25) is 14.9 Å². The molecule has 2 aromatic rings. The number of nitrogens with two attached hydrogens (primary N) is 1. The maximum absolute atomic E-state index is 12.2. The van der Waals surface area contributed by atoms with E-state index in [1.165, 1.54) is 5.01 Å². The van der Waals surface area contributed by atoms with E-state index < -0.39 is 0 Å². The molecule has 21 heavy (non-hydrogen) atoms. The summed E-state index contributed by atoms with van der Waals surface area (Å²) in [5.74, 6) is -0.368. The molecule has 3 N–H and O–H groups in total. The smallest absolute Gasteiger partial charge is 0.290 e. The molecule has 0 spiro atoms. The minimum atomic E-state index is -0.368. The number of nitrogens with one attached hydrogen (secondary N) is 1. The Balaban J connectivity index is 2.22. The van der Waals surface area contributed by atoms with Gasteiger partial charge in [-0.15, -0.1) is 0 Å². The monoisotopic (exact) mass is 303 g/mol. The molecule has 0 aliphatic rings. The molecule has 0 unspecified atom stereocenters. The molecule has 7 heteroatoms. The van der Waals surface area contributed by atoms with Crippen molar-refractivity contribution in [1.29, 1.82) is 0 Å². The molecule has 0 aliphatic heterocycles. The highest BCUT2D eigenvalue weighted by molar-refractivity contribution is 7.80. The molecule has 1 aromatic heterocycles. The number of hydrogen-bond donors (Lipinski definition) is 2. The molecule has 6 nitrogen and oxygen atoms in total. The van der Waals surface area contributed by atoms with Crippen molar-refractivity contribution in [1.82, 2.24) is 15.2 Å². The van der Waals surface area contributed by atoms with Crippen molar-refractivity contribution in [3.63, 3.8) is 0 Å². The number of aryl methyl sites for hydroxylation is 3. The normalized spacial score (nSPS) is 10.2. The van der Waals surface area contributed by atoms with E-state index in [0.29, 0.717) is 11.4 Å². The summed E-state index contributed by atoms with van der Waals surface area (Å²) in [5.41, 5.74) is 11.3. The van der Waals surface area contributed by atoms with Gasteiger partial charge in [0.15, 0.2) is 10.8 Å². The third-order valence-corrected chi connectivity index (χ3v) is 3.25. The van der Waals surface area contributed by atoms with Crippen molar-refractivity contribution in [3.05, 3.63) is 47.3 Å². The largest absolute Gasteiger partial charge is 0.374 e. The lowest BCUT2D eigenvalue weighted by Crippen LogP contribution is -2.49. The van der Waals surface area contributed by atoms with Crippen molar-refractivity contribution in [3.8, 4) is 0 Å². The minimum Gasteiger partial charge on any atom is -0.374 e. The second-order valence-corrected chi connectivity index (χ2v) is 5.16. The van der Waals surface area contributed by atoms with Gasteiger partial charge in [-0.25, -0.2) is 5.01 Å². The van der Waals surface area contributed by atoms with Crippen LogP contribution in [0.2, 0.25) is 0 Å². The van der Waals surface area contributed by atoms with Crippen LogP contribution in [0.4, 0.5) is 5.69 Å². The van der Waals surface area contributed by atoms with Crippen molar-refractivity contribution in [2.75, 3.05) is 5.01 Å². The average Bonchev–Trinajstić information content (AvgIpc) is 2.77. The lowest BCUT2D eigenvalue weighted by molar-refractivity contribution is 0.0949. The Hall–Kier alpha value is -2.41. The van der Waals surface area contributed by atoms with Crippen molar-refractivity contribution < 1.29 is 4.79 Å². The standard InChI is InChI=1S/C14H17N5OS/c1-9-4-6-11(7-5-9)19(14(15)21)17-13(20)12-8-10(2)18(3)16-12/h4-8H,1-3H3,(H2,15,21)(H,17,20). The number of nitrogens with zero attached hydrogens (tertiary/aromatic N) is 3. The van der Waals surface area contributed by atoms with Crippen LogP contribution in [0, 0.1) is 13.8 Å². The quantitative estimate of drug-likeness (QED) is 0.648. The molecule has 1 heterocycles. The molecular weight excluding hydrogens is 286 g/mol. The fourth-order valence-electron chi connectivity index (χ4n) is 1.77. The van der Waals surface area contributed by atoms with Crippen molar-refractivity contribution >= 4 is 28.9 Å². The van der Waals surface area contributed by atoms with Gasteiger partial charge in [0.25, 0.3) is 5.91 Å². The van der Waals surface area contributed by atoms with Crippen LogP contribution in [0.5, 0.6) is 0 Å². The summed E-state index contributed by atoms with van der Waals surface area (Å²) in [7, 11) is 1.78. The zero-order chi connectivity index (χ0) is 15.6. The molecule has 0 saturated heterocycles. The first-order valence-electron chi connectivity index (χ1n) is 6.36. The van der Waals surface area contributed by atoms with Crippen LogP contribution in [0.3, 0.4) is 0 Å². The Morgan fingerprint density at radius 2 is 1.95 bits per heavy atom. The van der Waals surface area contributed by atoms with Gasteiger partial charge in [0, 0.05) is 12.7 Å². The zero-order valence-corrected chi connectivity index (χ0v) is 12.9. The number of aromatic nitrogens is 2. The number of rotatable bonds is 2. The van der Waals surface area contributed by atoms with Crippen LogP contribution in [0.25, 0.3) is 0 Å². The topological polar surface area (TPSA) is 76.2 Å². The van der Waals surface area contributed by atoms with Crippen LogP contribution in [-0.2, 0) is 7.05 Å². The number of benzene rings is 1. The van der Waals surface area contributed by atoms with E-state index >= 15 is 0 Å². The maximum Gasteiger partial charge on any atom is 0.290 e. The highest BCUT2D eigenvalue weighted by atomic mass is 32.1. The lowest BCUT2D eigenvalue weighted by atomic mass is 10.2. The van der Waals surface area contributed by atoms with Gasteiger partial charge in [0.05, 0.1) is 5.69 Å². The summed E-state index contributed by atoms with van der Waals surface area (Å²) in [4.78, 5) is 12.2. The van der Waals surface area contributed by atoms with E-state index in [-0.39, 0.29) is 11.0 Å². The number of carbonyl (C=O) groups is 1. The average molecular weight is 303 g/mol. The molecule has 1 aromatic carbocycles. The van der Waals surface area contributed by atoms with Gasteiger partial charge < -0.3 is 5.73 Å². The van der Waals surface area contributed by atoms with Gasteiger partial charge in [0.1, 0.15) is 0 Å². The van der Waals surface area contributed by atoms with Crippen LogP contribution in [0.15, 0.2) is 30.3 Å². The highest BCUT2D eigenvalue weighted by Gasteiger charge is 2.17. The molecule has 0 aliphatic carbocycles. The van der Waals surface area contributed by atoms with E-state index in [0.717, 1.165) is 11.3 Å². The van der Waals surface area contributed by atoms with Gasteiger partial charge in [-0.1, -0.05) is 17.7 Å². The number of carbonyl (C=O) groups excluding carboxylic acids is 1. The Morgan fingerprint density at radius 1 is 1.33 bits per heavy atom. The number of amides is 1. The first-order valence-corrected chi connectivity index (χ1v) is 6.77. The number of thiocarbonyl (C=S) groups is 1. The Labute approximate surface area is 128 Å². The van der Waals surface area contributed by atoms with Crippen molar-refractivity contribution in [2.45, 2.75) is 13.8 Å². The Morgan fingerprint density at radius 3 is 2.43 bits per heavy atom. The predicted molar refractivity (Wildman–Crippen MR) is 85.9 cm³/mol. The zero-order valence-electron chi connectivity index (χ0n) is 12.1. The molecular formula is C14H17N5OS. The van der Waals surface area contributed by atoms with Gasteiger partial charge in [0.2, 0.25) is 0 Å². The summed E-state index contributed by atoms with van der Waals surface area (Å²) < 4.78 is 1.63. The first kappa shape index (κ1) is 15.0. The van der Waals surface area contributed by atoms with E-state index in [1.54, 1.807) is 17.8 Å². The van der Waals surface area contributed by atoms with E-state index in [1.807, 2.05) is 38.1 Å². The summed E-state index contributed by atoms with van der Waals surface area (Å²) in [6.07, 6.45) is 0. The SMILES string of the molecule is Cc1ccc(N(NC(=O)c2cc(C)n(C)n2)C(N)=S)cc1. The minimum absolute atomic E-state index is 0.0554. The van der Waals surface area contributed by atoms with E-state index in [9.17, 15) is 4.79 Å². The molecule has 1 amide bonds. The second-order valence-electron chi connectivity index (χ2n) is 4.74. The molecule has 0 bridgehead atoms. The van der Waals surface area contributed by atoms with Crippen molar-refractivity contribution in [2.24, 2.45) is 12.8 Å². The molecule has 0 fully saturated rings. The summed E-state index contributed by atoms with van der Waals surface area (Å²) >= 11 is 4.99. The van der Waals surface area contributed by atoms with Crippen LogP contribution in [0.1, 0.15) is 21.7 Å². The molecule has 0 atom stereocenters. The van der Waals surface area contributed by atoms with Gasteiger partial charge >= 0.3 is 0 Å². The summed E-state index contributed by atoms with van der Waals surface area (Å²) in [6, 6.07) is 9.19. The molecule has 110 valence electrons. The third kappa shape index (κ3) is 3.38. The Bertz CT molecular complexity index is 658. The van der Waals surface area contributed by atoms with E-state index in [2.05, 4.69) is 10.5 Å². The first-order chi connectivity index (χ1) is 9.88.